The van der Waals surface area contributed by atoms with E-state index in [2.05, 4.69) is 9.98 Å². The van der Waals surface area contributed by atoms with Crippen LogP contribution in [0.3, 0.4) is 0 Å². The van der Waals surface area contributed by atoms with Gasteiger partial charge in [-0.25, -0.2) is 19.6 Å². The van der Waals surface area contributed by atoms with Crippen LogP contribution in [0.1, 0.15) is 25.7 Å². The lowest BCUT2D eigenvalue weighted by Gasteiger charge is -1.93. The van der Waals surface area contributed by atoms with E-state index in [0.717, 1.165) is 25.7 Å². The summed E-state index contributed by atoms with van der Waals surface area (Å²) in [5, 5.41) is 0. The van der Waals surface area contributed by atoms with Crippen LogP contribution in [0.25, 0.3) is 0 Å². The van der Waals surface area contributed by atoms with Gasteiger partial charge in [-0.3, -0.25) is 0 Å². The van der Waals surface area contributed by atoms with Gasteiger partial charge in [0.2, 0.25) is 12.2 Å². The molecular weight excluding hydrogens is 184 g/mol. The second-order valence-corrected chi connectivity index (χ2v) is 2.36. The highest BCUT2D eigenvalue weighted by Crippen LogP contribution is 1.99. The summed E-state index contributed by atoms with van der Waals surface area (Å²) in [4.78, 5) is 26.1. The lowest BCUT2D eigenvalue weighted by molar-refractivity contribution is 0.558. The molecule has 0 atom stereocenters. The van der Waals surface area contributed by atoms with Crippen molar-refractivity contribution in [2.75, 3.05) is 13.1 Å². The highest BCUT2D eigenvalue weighted by Gasteiger charge is 1.87. The molecule has 0 aromatic rings. The van der Waals surface area contributed by atoms with Gasteiger partial charge in [-0.05, 0) is 12.8 Å². The van der Waals surface area contributed by atoms with Gasteiger partial charge in [0.15, 0.2) is 0 Å². The van der Waals surface area contributed by atoms with Crippen LogP contribution in [-0.2, 0) is 9.59 Å². The molecule has 0 aliphatic heterocycles. The molecule has 0 aromatic heterocycles. The van der Waals surface area contributed by atoms with Gasteiger partial charge in [-0.1, -0.05) is 12.8 Å². The maximum Gasteiger partial charge on any atom is 0.234 e. The van der Waals surface area contributed by atoms with Gasteiger partial charge in [-0.15, -0.1) is 0 Å². The number of aliphatic imine (C=N–C) groups is 2. The van der Waals surface area contributed by atoms with Gasteiger partial charge in [0.05, 0.1) is 13.1 Å². The van der Waals surface area contributed by atoms with E-state index in [1.54, 1.807) is 0 Å². The third-order valence-corrected chi connectivity index (χ3v) is 1.42. The first kappa shape index (κ1) is 18.5. The lowest BCUT2D eigenvalue weighted by Crippen LogP contribution is -1.84. The Morgan fingerprint density at radius 2 is 1.07 bits per heavy atom. The van der Waals surface area contributed by atoms with E-state index in [-0.39, 0.29) is 12.3 Å². The largest absolute Gasteiger partial charge is 0.344 e. The molecule has 0 aliphatic rings. The number of hydrogen-bond acceptors (Lipinski definition) is 6. The van der Waals surface area contributed by atoms with Crippen LogP contribution in [0.2, 0.25) is 0 Å². The molecule has 0 spiro atoms. The molecule has 0 saturated heterocycles. The average Bonchev–Trinajstić information content (AvgIpc) is 2.10. The lowest BCUT2D eigenvalue weighted by atomic mass is 10.2. The smallest absolute Gasteiger partial charge is 0.234 e. The molecule has 6 nitrogen and oxygen atoms in total. The average molecular weight is 202 g/mol. The van der Waals surface area contributed by atoms with Crippen molar-refractivity contribution >= 4 is 12.2 Å². The Bertz CT molecular complexity index is 174. The van der Waals surface area contributed by atoms with Crippen molar-refractivity contribution in [2.45, 2.75) is 25.7 Å². The summed E-state index contributed by atoms with van der Waals surface area (Å²) in [6.07, 6.45) is 6.80. The monoisotopic (exact) mass is 202 g/mol. The Hall–Kier alpha value is -1.32. The molecule has 82 valence electrons. The quantitative estimate of drug-likeness (QED) is 0.368. The van der Waals surface area contributed by atoms with E-state index >= 15 is 0 Å². The molecule has 0 saturated carbocycles. The Morgan fingerprint density at radius 3 is 1.36 bits per heavy atom. The minimum absolute atomic E-state index is 0. The number of unbranched alkanes of at least 4 members (excludes halogenated alkanes) is 3. The van der Waals surface area contributed by atoms with Crippen LogP contribution >= 0.6 is 0 Å². The van der Waals surface area contributed by atoms with Crippen molar-refractivity contribution in [3.63, 3.8) is 0 Å². The van der Waals surface area contributed by atoms with Crippen LogP contribution in [0.15, 0.2) is 9.98 Å². The fraction of sp³-hybridized carbons (Fsp3) is 0.750. The van der Waals surface area contributed by atoms with Crippen molar-refractivity contribution < 1.29 is 9.59 Å². The van der Waals surface area contributed by atoms with Crippen LogP contribution in [0.4, 0.5) is 0 Å². The number of carbonyl (C=O) groups excluding carboxylic acids is 2. The van der Waals surface area contributed by atoms with Crippen molar-refractivity contribution in [3.8, 4) is 0 Å². The molecular formula is C8H18N4O2. The van der Waals surface area contributed by atoms with E-state index in [0.29, 0.717) is 13.1 Å². The van der Waals surface area contributed by atoms with Crippen molar-refractivity contribution in [1.29, 1.82) is 0 Å². The van der Waals surface area contributed by atoms with Gasteiger partial charge in [-0.2, -0.15) is 0 Å². The summed E-state index contributed by atoms with van der Waals surface area (Å²) >= 11 is 0. The molecule has 0 heterocycles. The molecule has 0 fully saturated rings. The first-order valence-corrected chi connectivity index (χ1v) is 3.99. The van der Waals surface area contributed by atoms with Crippen molar-refractivity contribution in [2.24, 2.45) is 9.98 Å². The predicted molar refractivity (Wildman–Crippen MR) is 54.5 cm³/mol. The standard InChI is InChI=1S/C8H12N2O2.2H3N/c11-7-9-5-3-1-2-4-6-10-8-12;;/h1-6H2;2*1H3. The first-order valence-electron chi connectivity index (χ1n) is 3.99. The molecule has 6 N–H and O–H groups in total. The van der Waals surface area contributed by atoms with E-state index in [4.69, 9.17) is 0 Å². The Morgan fingerprint density at radius 1 is 0.714 bits per heavy atom. The van der Waals surface area contributed by atoms with E-state index in [9.17, 15) is 9.59 Å². The van der Waals surface area contributed by atoms with Crippen molar-refractivity contribution in [1.82, 2.24) is 12.3 Å². The highest BCUT2D eigenvalue weighted by molar-refractivity contribution is 5.32. The fourth-order valence-electron chi connectivity index (χ4n) is 0.827. The molecule has 0 aliphatic carbocycles. The number of hydrogen-bond donors (Lipinski definition) is 2. The molecule has 0 bridgehead atoms. The molecule has 0 unspecified atom stereocenters. The minimum atomic E-state index is 0. The second-order valence-electron chi connectivity index (χ2n) is 2.36. The van der Waals surface area contributed by atoms with Crippen molar-refractivity contribution in [3.05, 3.63) is 0 Å². The molecule has 6 heteroatoms. The Balaban J connectivity index is -0.000000605. The summed E-state index contributed by atoms with van der Waals surface area (Å²) in [5.74, 6) is 0. The van der Waals surface area contributed by atoms with E-state index in [1.807, 2.05) is 0 Å². The molecule has 0 rings (SSSR count). The maximum absolute atomic E-state index is 9.63. The molecule has 14 heavy (non-hydrogen) atoms. The van der Waals surface area contributed by atoms with Crippen LogP contribution in [0.5, 0.6) is 0 Å². The summed E-state index contributed by atoms with van der Waals surface area (Å²) in [6, 6.07) is 0. The summed E-state index contributed by atoms with van der Waals surface area (Å²) in [5.41, 5.74) is 0. The van der Waals surface area contributed by atoms with Gasteiger partial charge in [0.25, 0.3) is 0 Å². The van der Waals surface area contributed by atoms with Crippen LogP contribution < -0.4 is 12.3 Å². The van der Waals surface area contributed by atoms with E-state index < -0.39 is 0 Å². The fourth-order valence-corrected chi connectivity index (χ4v) is 0.827. The summed E-state index contributed by atoms with van der Waals surface area (Å²) in [6.45, 7) is 1.11. The number of rotatable bonds is 7. The topological polar surface area (TPSA) is 129 Å². The van der Waals surface area contributed by atoms with Crippen LogP contribution in [0, 0.1) is 0 Å². The number of nitrogens with zero attached hydrogens (tertiary/aromatic N) is 2. The molecule has 0 radical (unpaired) electrons. The van der Waals surface area contributed by atoms with E-state index in [1.165, 1.54) is 12.2 Å². The Labute approximate surface area is 83.7 Å². The van der Waals surface area contributed by atoms with Gasteiger partial charge >= 0.3 is 0 Å². The van der Waals surface area contributed by atoms with Gasteiger partial charge < -0.3 is 12.3 Å². The van der Waals surface area contributed by atoms with Gasteiger partial charge in [0, 0.05) is 0 Å². The molecule has 0 aromatic carbocycles. The third kappa shape index (κ3) is 17.0. The maximum atomic E-state index is 9.63. The van der Waals surface area contributed by atoms with Gasteiger partial charge in [0.1, 0.15) is 0 Å². The third-order valence-electron chi connectivity index (χ3n) is 1.42. The summed E-state index contributed by atoms with van der Waals surface area (Å²) in [7, 11) is 0. The van der Waals surface area contributed by atoms with Crippen LogP contribution in [-0.4, -0.2) is 25.2 Å². The SMILES string of the molecule is N.N.O=C=NCCCCCCN=C=O. The normalized spacial score (nSPS) is 7.14. The number of isocyanates is 2. The minimum Gasteiger partial charge on any atom is -0.344 e. The molecule has 0 amide bonds. The highest BCUT2D eigenvalue weighted by atomic mass is 16.1. The zero-order valence-electron chi connectivity index (χ0n) is 8.37. The summed E-state index contributed by atoms with van der Waals surface area (Å²) < 4.78 is 0. The zero-order chi connectivity index (χ0) is 9.07. The Kier molecular flexibility index (Phi) is 23.3. The second kappa shape index (κ2) is 17.7. The first-order chi connectivity index (χ1) is 5.91. The predicted octanol–water partition coefficient (Wildman–Crippen LogP) is 1.54. The zero-order valence-corrected chi connectivity index (χ0v) is 8.37.